The van der Waals surface area contributed by atoms with Gasteiger partial charge in [-0.1, -0.05) is 32.0 Å². The van der Waals surface area contributed by atoms with Gasteiger partial charge in [0.1, 0.15) is 5.75 Å². The normalized spacial score (nSPS) is 16.8. The first-order valence-corrected chi connectivity index (χ1v) is 13.3. The lowest BCUT2D eigenvalue weighted by molar-refractivity contribution is -0.137. The number of ether oxygens (including phenoxy) is 1. The molecule has 0 radical (unpaired) electrons. The summed E-state index contributed by atoms with van der Waals surface area (Å²) in [6, 6.07) is 8.21. The molecule has 2 atom stereocenters. The quantitative estimate of drug-likeness (QED) is 0.432. The molecule has 0 fully saturated rings. The molecule has 2 aromatic rings. The van der Waals surface area contributed by atoms with Crippen LogP contribution in [0.15, 0.2) is 47.4 Å². The molecule has 2 aromatic carbocycles. The Labute approximate surface area is 209 Å². The summed E-state index contributed by atoms with van der Waals surface area (Å²) in [6.07, 6.45) is -4.28. The minimum absolute atomic E-state index is 0.178. The van der Waals surface area contributed by atoms with E-state index in [-0.39, 0.29) is 18.4 Å². The zero-order valence-electron chi connectivity index (χ0n) is 20.5. The lowest BCUT2D eigenvalue weighted by Crippen LogP contribution is -2.39. The van der Waals surface area contributed by atoms with Gasteiger partial charge in [0.25, 0.3) is 0 Å². The molecule has 11 heteroatoms. The van der Waals surface area contributed by atoms with Gasteiger partial charge in [0.05, 0.1) is 23.1 Å². The first-order valence-electron chi connectivity index (χ1n) is 11.8. The van der Waals surface area contributed by atoms with Crippen LogP contribution in [0.4, 0.5) is 13.2 Å². The topological polar surface area (TPSA) is 96.5 Å². The molecular weight excluding hydrogens is 495 g/mol. The van der Waals surface area contributed by atoms with Crippen LogP contribution in [0.25, 0.3) is 0 Å². The van der Waals surface area contributed by atoms with E-state index in [4.69, 9.17) is 4.74 Å². The zero-order valence-corrected chi connectivity index (χ0v) is 21.3. The van der Waals surface area contributed by atoms with Crippen LogP contribution in [0.5, 0.6) is 5.75 Å². The summed E-state index contributed by atoms with van der Waals surface area (Å²) in [5, 5.41) is 6.30. The largest absolute Gasteiger partial charge is 0.493 e. The maximum absolute atomic E-state index is 12.9. The molecule has 0 aromatic heterocycles. The van der Waals surface area contributed by atoms with Crippen LogP contribution < -0.4 is 20.1 Å². The van der Waals surface area contributed by atoms with Gasteiger partial charge in [0.15, 0.2) is 0 Å². The molecule has 7 nitrogen and oxygen atoms in total. The summed E-state index contributed by atoms with van der Waals surface area (Å²) >= 11 is 0. The van der Waals surface area contributed by atoms with Gasteiger partial charge in [-0.2, -0.15) is 13.2 Å². The van der Waals surface area contributed by atoms with Crippen molar-refractivity contribution in [1.29, 1.82) is 0 Å². The highest BCUT2D eigenvalue weighted by Gasteiger charge is 2.32. The number of nitrogens with one attached hydrogen (secondary N) is 3. The smallest absolute Gasteiger partial charge is 0.416 e. The third-order valence-corrected chi connectivity index (χ3v) is 7.24. The van der Waals surface area contributed by atoms with Gasteiger partial charge in [-0.15, -0.1) is 0 Å². The summed E-state index contributed by atoms with van der Waals surface area (Å²) in [5.41, 5.74) is 0.853. The van der Waals surface area contributed by atoms with Gasteiger partial charge in [-0.3, -0.25) is 4.79 Å². The summed E-state index contributed by atoms with van der Waals surface area (Å²) in [6.45, 7) is 7.78. The van der Waals surface area contributed by atoms with Crippen LogP contribution in [0.1, 0.15) is 56.3 Å². The number of hydrogen-bond donors (Lipinski definition) is 3. The van der Waals surface area contributed by atoms with Gasteiger partial charge < -0.3 is 15.4 Å². The Kier molecular flexibility index (Phi) is 9.02. The van der Waals surface area contributed by atoms with Crippen LogP contribution in [-0.2, 0) is 27.5 Å². The third kappa shape index (κ3) is 7.68. The van der Waals surface area contributed by atoms with Crippen molar-refractivity contribution in [3.63, 3.8) is 0 Å². The highest BCUT2D eigenvalue weighted by atomic mass is 32.2. The SMILES string of the molecule is CC(C)CNCc1ccc2c(c1)OCC[C@H]2NC(=O)C[C@H](C)NS(=O)(=O)c1cccc(C(F)(F)F)c1. The first-order chi connectivity index (χ1) is 16.8. The predicted octanol–water partition coefficient (Wildman–Crippen LogP) is 4.15. The molecule has 1 aliphatic rings. The second-order valence-corrected chi connectivity index (χ2v) is 11.1. The van der Waals surface area contributed by atoms with Gasteiger partial charge in [-0.05, 0) is 49.2 Å². The van der Waals surface area contributed by atoms with E-state index < -0.39 is 32.7 Å². The van der Waals surface area contributed by atoms with E-state index >= 15 is 0 Å². The van der Waals surface area contributed by atoms with Crippen molar-refractivity contribution >= 4 is 15.9 Å². The first kappa shape index (κ1) is 27.9. The Bertz CT molecular complexity index is 1170. The number of benzene rings is 2. The van der Waals surface area contributed by atoms with E-state index in [9.17, 15) is 26.4 Å². The fourth-order valence-electron chi connectivity index (χ4n) is 3.94. The summed E-state index contributed by atoms with van der Waals surface area (Å²) in [5.74, 6) is 0.860. The lowest BCUT2D eigenvalue weighted by Gasteiger charge is -2.28. The van der Waals surface area contributed by atoms with Crippen molar-refractivity contribution in [2.24, 2.45) is 5.92 Å². The van der Waals surface area contributed by atoms with Crippen LogP contribution in [0.2, 0.25) is 0 Å². The number of hydrogen-bond acceptors (Lipinski definition) is 5. The number of carbonyl (C=O) groups is 1. The van der Waals surface area contributed by atoms with Crippen molar-refractivity contribution in [2.75, 3.05) is 13.2 Å². The molecule has 0 spiro atoms. The second kappa shape index (κ2) is 11.6. The summed E-state index contributed by atoms with van der Waals surface area (Å²) in [7, 11) is -4.24. The number of halogens is 3. The van der Waals surface area contributed by atoms with E-state index in [0.29, 0.717) is 37.3 Å². The van der Waals surface area contributed by atoms with Gasteiger partial charge in [0.2, 0.25) is 15.9 Å². The number of carbonyl (C=O) groups excluding carboxylic acids is 1. The van der Waals surface area contributed by atoms with E-state index in [0.717, 1.165) is 35.9 Å². The monoisotopic (exact) mass is 527 g/mol. The molecule has 3 rings (SSSR count). The average Bonchev–Trinajstić information content (AvgIpc) is 2.78. The highest BCUT2D eigenvalue weighted by Crippen LogP contribution is 2.33. The molecule has 198 valence electrons. The predicted molar refractivity (Wildman–Crippen MR) is 130 cm³/mol. The Morgan fingerprint density at radius 1 is 1.14 bits per heavy atom. The molecule has 1 aliphatic heterocycles. The molecule has 0 aliphatic carbocycles. The minimum atomic E-state index is -4.66. The molecule has 0 saturated carbocycles. The maximum Gasteiger partial charge on any atom is 0.416 e. The molecule has 3 N–H and O–H groups in total. The highest BCUT2D eigenvalue weighted by molar-refractivity contribution is 7.89. The fraction of sp³-hybridized carbons (Fsp3) is 0.480. The number of amides is 1. The molecule has 0 saturated heterocycles. The lowest BCUT2D eigenvalue weighted by atomic mass is 9.98. The number of alkyl halides is 3. The Hall–Kier alpha value is -2.63. The zero-order chi connectivity index (χ0) is 26.5. The molecule has 36 heavy (non-hydrogen) atoms. The van der Waals surface area contributed by atoms with Crippen molar-refractivity contribution < 1.29 is 31.1 Å². The Morgan fingerprint density at radius 2 is 1.89 bits per heavy atom. The fourth-order valence-corrected chi connectivity index (χ4v) is 5.23. The average molecular weight is 528 g/mol. The van der Waals surface area contributed by atoms with E-state index in [1.54, 1.807) is 0 Å². The van der Waals surface area contributed by atoms with Gasteiger partial charge in [0, 0.05) is 31.0 Å². The summed E-state index contributed by atoms with van der Waals surface area (Å²) < 4.78 is 72.0. The molecular formula is C25H32F3N3O4S. The number of rotatable bonds is 10. The maximum atomic E-state index is 12.9. The van der Waals surface area contributed by atoms with E-state index in [2.05, 4.69) is 29.2 Å². The van der Waals surface area contributed by atoms with Crippen LogP contribution in [0, 0.1) is 5.92 Å². The van der Waals surface area contributed by atoms with Crippen LogP contribution in [-0.4, -0.2) is 33.5 Å². The van der Waals surface area contributed by atoms with Gasteiger partial charge >= 0.3 is 6.18 Å². The van der Waals surface area contributed by atoms with Crippen molar-refractivity contribution in [2.45, 2.75) is 63.3 Å². The third-order valence-electron chi connectivity index (χ3n) is 5.65. The van der Waals surface area contributed by atoms with Crippen molar-refractivity contribution in [3.05, 3.63) is 59.2 Å². The van der Waals surface area contributed by atoms with Gasteiger partial charge in [-0.25, -0.2) is 13.1 Å². The number of sulfonamides is 1. The number of fused-ring (bicyclic) bond motifs is 1. The van der Waals surface area contributed by atoms with E-state index in [1.807, 2.05) is 18.2 Å². The van der Waals surface area contributed by atoms with E-state index in [1.165, 1.54) is 6.92 Å². The van der Waals surface area contributed by atoms with Crippen LogP contribution >= 0.6 is 0 Å². The molecule has 0 unspecified atom stereocenters. The second-order valence-electron chi connectivity index (χ2n) is 9.41. The Balaban J connectivity index is 1.59. The standard InChI is InChI=1S/C25H32F3N3O4S/c1-16(2)14-29-15-18-7-8-21-22(9-10-35-23(21)12-18)30-24(32)11-17(3)31-36(33,34)20-6-4-5-19(13-20)25(26,27)28/h4-8,12-13,16-17,22,29,31H,9-11,14-15H2,1-3H3,(H,30,32)/t17-,22+/m0/s1. The molecule has 0 bridgehead atoms. The van der Waals surface area contributed by atoms with Crippen molar-refractivity contribution in [1.82, 2.24) is 15.4 Å². The molecule has 1 heterocycles. The van der Waals surface area contributed by atoms with Crippen molar-refractivity contribution in [3.8, 4) is 5.75 Å². The molecule has 1 amide bonds. The summed E-state index contributed by atoms with van der Waals surface area (Å²) in [4.78, 5) is 12.2. The minimum Gasteiger partial charge on any atom is -0.493 e. The Morgan fingerprint density at radius 3 is 2.58 bits per heavy atom. The van der Waals surface area contributed by atoms with Crippen LogP contribution in [0.3, 0.4) is 0 Å².